The van der Waals surface area contributed by atoms with Crippen molar-refractivity contribution in [2.75, 3.05) is 47.3 Å². The molecule has 6 nitrogen and oxygen atoms in total. The van der Waals surface area contributed by atoms with E-state index in [9.17, 15) is 4.79 Å². The summed E-state index contributed by atoms with van der Waals surface area (Å²) < 4.78 is 15.7. The summed E-state index contributed by atoms with van der Waals surface area (Å²) in [4.78, 5) is 13.1. The summed E-state index contributed by atoms with van der Waals surface area (Å²) >= 11 is 0. The van der Waals surface area contributed by atoms with Gasteiger partial charge in [-0.3, -0.25) is 4.79 Å². The van der Waals surface area contributed by atoms with Gasteiger partial charge in [0.1, 0.15) is 5.75 Å². The number of hydrogen-bond acceptors (Lipinski definition) is 5. The van der Waals surface area contributed by atoms with Crippen LogP contribution in [0.1, 0.15) is 0 Å². The van der Waals surface area contributed by atoms with Crippen molar-refractivity contribution in [3.8, 4) is 17.2 Å². The molecule has 19 heavy (non-hydrogen) atoms. The molecule has 0 saturated heterocycles. The van der Waals surface area contributed by atoms with Crippen molar-refractivity contribution >= 4 is 11.6 Å². The summed E-state index contributed by atoms with van der Waals surface area (Å²) in [5.41, 5.74) is 0.676. The van der Waals surface area contributed by atoms with Crippen LogP contribution in [-0.2, 0) is 4.79 Å². The fourth-order valence-electron chi connectivity index (χ4n) is 1.50. The third-order valence-corrected chi connectivity index (χ3v) is 2.63. The summed E-state index contributed by atoms with van der Waals surface area (Å²) in [7, 11) is 8.07. The number of nitrogens with zero attached hydrogens (tertiary/aromatic N) is 1. The van der Waals surface area contributed by atoms with Crippen LogP contribution in [0.25, 0.3) is 0 Å². The first kappa shape index (κ1) is 14.9. The van der Waals surface area contributed by atoms with Gasteiger partial charge in [0.2, 0.25) is 5.91 Å². The molecule has 0 heterocycles. The Morgan fingerprint density at radius 2 is 1.58 bits per heavy atom. The molecular weight excluding hydrogens is 248 g/mol. The highest BCUT2D eigenvalue weighted by atomic mass is 16.5. The number of nitrogens with one attached hydrogen (secondary N) is 1. The third-order valence-electron chi connectivity index (χ3n) is 2.63. The largest absolute Gasteiger partial charge is 0.494 e. The average Bonchev–Trinajstić information content (AvgIpc) is 2.43. The zero-order valence-electron chi connectivity index (χ0n) is 11.9. The number of anilines is 1. The number of carbonyl (C=O) groups is 1. The molecule has 1 rings (SSSR count). The molecule has 0 aliphatic heterocycles. The summed E-state index contributed by atoms with van der Waals surface area (Å²) in [6, 6.07) is 3.45. The summed E-state index contributed by atoms with van der Waals surface area (Å²) in [5.74, 6) is 1.70. The highest BCUT2D eigenvalue weighted by molar-refractivity contribution is 5.81. The van der Waals surface area contributed by atoms with Gasteiger partial charge in [0.05, 0.1) is 33.6 Å². The summed E-state index contributed by atoms with van der Waals surface area (Å²) in [5, 5.41) is 3.02. The Morgan fingerprint density at radius 1 is 1.05 bits per heavy atom. The van der Waals surface area contributed by atoms with Gasteiger partial charge < -0.3 is 24.4 Å². The number of ether oxygens (including phenoxy) is 3. The van der Waals surface area contributed by atoms with Crippen molar-refractivity contribution in [3.05, 3.63) is 12.1 Å². The maximum atomic E-state index is 11.6. The quantitative estimate of drug-likeness (QED) is 0.840. The zero-order chi connectivity index (χ0) is 14.4. The molecule has 0 unspecified atom stereocenters. The van der Waals surface area contributed by atoms with Crippen molar-refractivity contribution < 1.29 is 19.0 Å². The van der Waals surface area contributed by atoms with E-state index in [1.54, 1.807) is 47.6 Å². The van der Waals surface area contributed by atoms with Crippen LogP contribution in [0.5, 0.6) is 17.2 Å². The molecule has 1 aromatic rings. The monoisotopic (exact) mass is 268 g/mol. The molecule has 1 N–H and O–H groups in total. The van der Waals surface area contributed by atoms with E-state index in [1.165, 1.54) is 4.90 Å². The Balaban J connectivity index is 2.95. The number of amides is 1. The standard InChI is InChI=1S/C13H20N2O4/c1-15(2)13(16)8-14-9-6-11(18-4)12(19-5)7-10(9)17-3/h6-7,14H,8H2,1-5H3. The molecule has 0 aromatic heterocycles. The first-order chi connectivity index (χ1) is 9.03. The van der Waals surface area contributed by atoms with E-state index >= 15 is 0 Å². The number of methoxy groups -OCH3 is 3. The lowest BCUT2D eigenvalue weighted by Crippen LogP contribution is -2.28. The normalized spacial score (nSPS) is 9.74. The van der Waals surface area contributed by atoms with E-state index in [0.29, 0.717) is 22.9 Å². The molecular formula is C13H20N2O4. The maximum Gasteiger partial charge on any atom is 0.241 e. The molecule has 106 valence electrons. The van der Waals surface area contributed by atoms with Crippen molar-refractivity contribution in [1.82, 2.24) is 4.90 Å². The Morgan fingerprint density at radius 3 is 2.05 bits per heavy atom. The molecule has 0 atom stereocenters. The van der Waals surface area contributed by atoms with E-state index in [0.717, 1.165) is 0 Å². The second-order valence-corrected chi connectivity index (χ2v) is 4.05. The van der Waals surface area contributed by atoms with Gasteiger partial charge in [-0.25, -0.2) is 0 Å². The van der Waals surface area contributed by atoms with Crippen LogP contribution in [0.2, 0.25) is 0 Å². The van der Waals surface area contributed by atoms with E-state index in [-0.39, 0.29) is 12.5 Å². The molecule has 0 aliphatic rings. The first-order valence-electron chi connectivity index (χ1n) is 5.77. The Labute approximate surface area is 113 Å². The maximum absolute atomic E-state index is 11.6. The lowest BCUT2D eigenvalue weighted by Gasteiger charge is -2.16. The van der Waals surface area contributed by atoms with Gasteiger partial charge in [-0.2, -0.15) is 0 Å². The molecule has 1 amide bonds. The molecule has 0 aliphatic carbocycles. The van der Waals surface area contributed by atoms with Crippen molar-refractivity contribution in [2.24, 2.45) is 0 Å². The van der Waals surface area contributed by atoms with Crippen LogP contribution < -0.4 is 19.5 Å². The van der Waals surface area contributed by atoms with Crippen molar-refractivity contribution in [2.45, 2.75) is 0 Å². The number of rotatable bonds is 6. The molecule has 0 radical (unpaired) electrons. The van der Waals surface area contributed by atoms with Crippen LogP contribution in [0.3, 0.4) is 0 Å². The molecule has 0 fully saturated rings. The van der Waals surface area contributed by atoms with E-state index < -0.39 is 0 Å². The van der Waals surface area contributed by atoms with Crippen LogP contribution >= 0.6 is 0 Å². The molecule has 0 bridgehead atoms. The van der Waals surface area contributed by atoms with Crippen molar-refractivity contribution in [3.63, 3.8) is 0 Å². The van der Waals surface area contributed by atoms with Gasteiger partial charge in [-0.1, -0.05) is 0 Å². The van der Waals surface area contributed by atoms with Crippen molar-refractivity contribution in [1.29, 1.82) is 0 Å². The number of hydrogen-bond donors (Lipinski definition) is 1. The first-order valence-corrected chi connectivity index (χ1v) is 5.77. The van der Waals surface area contributed by atoms with Gasteiger partial charge in [0, 0.05) is 26.2 Å². The molecule has 0 saturated carbocycles. The fourth-order valence-corrected chi connectivity index (χ4v) is 1.50. The topological polar surface area (TPSA) is 60.0 Å². The lowest BCUT2D eigenvalue weighted by molar-refractivity contribution is -0.126. The molecule has 6 heteroatoms. The Bertz CT molecular complexity index is 447. The minimum atomic E-state index is -0.0307. The van der Waals surface area contributed by atoms with Gasteiger partial charge >= 0.3 is 0 Å². The lowest BCUT2D eigenvalue weighted by atomic mass is 10.2. The van der Waals surface area contributed by atoms with E-state index in [1.807, 2.05) is 0 Å². The zero-order valence-corrected chi connectivity index (χ0v) is 11.9. The molecule has 1 aromatic carbocycles. The number of carbonyl (C=O) groups excluding carboxylic acids is 1. The minimum Gasteiger partial charge on any atom is -0.494 e. The van der Waals surface area contributed by atoms with E-state index in [2.05, 4.69) is 5.32 Å². The smallest absolute Gasteiger partial charge is 0.241 e. The van der Waals surface area contributed by atoms with Crippen LogP contribution in [0.4, 0.5) is 5.69 Å². The predicted octanol–water partition coefficient (Wildman–Crippen LogP) is 1.21. The predicted molar refractivity (Wildman–Crippen MR) is 73.3 cm³/mol. The Kier molecular flexibility index (Phi) is 5.29. The minimum absolute atomic E-state index is 0.0307. The summed E-state index contributed by atoms with van der Waals surface area (Å²) in [6.07, 6.45) is 0. The summed E-state index contributed by atoms with van der Waals surface area (Å²) in [6.45, 7) is 0.179. The second-order valence-electron chi connectivity index (χ2n) is 4.05. The second kappa shape index (κ2) is 6.72. The van der Waals surface area contributed by atoms with Gasteiger partial charge in [0.25, 0.3) is 0 Å². The van der Waals surface area contributed by atoms with E-state index in [4.69, 9.17) is 14.2 Å². The molecule has 0 spiro atoms. The number of likely N-dealkylation sites (N-methyl/N-ethyl adjacent to an activating group) is 1. The van der Waals surface area contributed by atoms with Crippen LogP contribution in [0, 0.1) is 0 Å². The van der Waals surface area contributed by atoms with Crippen LogP contribution in [0.15, 0.2) is 12.1 Å². The fraction of sp³-hybridized carbons (Fsp3) is 0.462. The SMILES string of the molecule is COc1cc(OC)c(OC)cc1NCC(=O)N(C)C. The highest BCUT2D eigenvalue weighted by Gasteiger charge is 2.13. The number of benzene rings is 1. The average molecular weight is 268 g/mol. The van der Waals surface area contributed by atoms with Gasteiger partial charge in [0.15, 0.2) is 11.5 Å². The Hall–Kier alpha value is -2.11. The van der Waals surface area contributed by atoms with Crippen LogP contribution in [-0.4, -0.2) is 52.8 Å². The van der Waals surface area contributed by atoms with Gasteiger partial charge in [-0.05, 0) is 0 Å². The third kappa shape index (κ3) is 3.67. The van der Waals surface area contributed by atoms with Gasteiger partial charge in [-0.15, -0.1) is 0 Å². The highest BCUT2D eigenvalue weighted by Crippen LogP contribution is 2.37.